The summed E-state index contributed by atoms with van der Waals surface area (Å²) in [5.41, 5.74) is 0.846. The van der Waals surface area contributed by atoms with Gasteiger partial charge >= 0.3 is 12.3 Å². The van der Waals surface area contributed by atoms with Gasteiger partial charge < -0.3 is 15.0 Å². The van der Waals surface area contributed by atoms with Crippen molar-refractivity contribution in [2.75, 3.05) is 26.2 Å². The fraction of sp³-hybridized carbons (Fsp3) is 0.542. The Balaban J connectivity index is 1.84. The summed E-state index contributed by atoms with van der Waals surface area (Å²) in [7, 11) is 0. The summed E-state index contributed by atoms with van der Waals surface area (Å²) in [4.78, 5) is 13.8. The van der Waals surface area contributed by atoms with Crippen LogP contribution in [0.3, 0.4) is 0 Å². The number of hydrogen-bond acceptors (Lipinski definition) is 3. The van der Waals surface area contributed by atoms with E-state index >= 15 is 0 Å². The highest BCUT2D eigenvalue weighted by atomic mass is 19.4. The second-order valence-corrected chi connectivity index (χ2v) is 8.84. The van der Waals surface area contributed by atoms with Gasteiger partial charge in [0.1, 0.15) is 5.60 Å². The molecule has 0 fully saturated rings. The molecule has 2 rings (SSSR count). The molecule has 0 saturated carbocycles. The van der Waals surface area contributed by atoms with Gasteiger partial charge in [-0.25, -0.2) is 4.79 Å². The van der Waals surface area contributed by atoms with Crippen LogP contribution < -0.4 is 5.32 Å². The second kappa shape index (κ2) is 10.4. The number of alkyl halides is 3. The Bertz CT molecular complexity index is 793. The summed E-state index contributed by atoms with van der Waals surface area (Å²) >= 11 is 0. The summed E-state index contributed by atoms with van der Waals surface area (Å²) in [5.74, 6) is 0.223. The summed E-state index contributed by atoms with van der Waals surface area (Å²) in [6.45, 7) is 11.9. The zero-order valence-corrected chi connectivity index (χ0v) is 18.9. The highest BCUT2D eigenvalue weighted by Crippen LogP contribution is 2.34. The molecule has 2 unspecified atom stereocenters. The summed E-state index contributed by atoms with van der Waals surface area (Å²) in [5, 5.41) is 3.34. The smallest absolute Gasteiger partial charge is 0.416 e. The van der Waals surface area contributed by atoms with Crippen molar-refractivity contribution in [3.8, 4) is 0 Å². The Morgan fingerprint density at radius 1 is 1.16 bits per heavy atom. The van der Waals surface area contributed by atoms with Crippen LogP contribution >= 0.6 is 0 Å². The fourth-order valence-electron chi connectivity index (χ4n) is 3.48. The van der Waals surface area contributed by atoms with Crippen molar-refractivity contribution >= 4 is 6.09 Å². The SMILES string of the molecule is CCN(CCNCC1=CC(C)C(c2ccc(C(F)(F)F)cc2)C=C1)C(=O)OC(C)(C)C. The molecule has 0 bridgehead atoms. The number of carbonyl (C=O) groups excluding carboxylic acids is 1. The first-order valence-electron chi connectivity index (χ1n) is 10.7. The van der Waals surface area contributed by atoms with Crippen LogP contribution in [-0.2, 0) is 10.9 Å². The molecule has 1 aliphatic rings. The molecular formula is C24H33F3N2O2. The third-order valence-electron chi connectivity index (χ3n) is 5.11. The minimum atomic E-state index is -4.32. The second-order valence-electron chi connectivity index (χ2n) is 8.84. The number of hydrogen-bond donors (Lipinski definition) is 1. The Morgan fingerprint density at radius 2 is 1.81 bits per heavy atom. The van der Waals surface area contributed by atoms with Crippen molar-refractivity contribution in [3.63, 3.8) is 0 Å². The van der Waals surface area contributed by atoms with E-state index < -0.39 is 17.3 Å². The molecular weight excluding hydrogens is 405 g/mol. The molecule has 31 heavy (non-hydrogen) atoms. The number of rotatable bonds is 7. The van der Waals surface area contributed by atoms with Gasteiger partial charge in [0.05, 0.1) is 5.56 Å². The Hall–Kier alpha value is -2.28. The molecule has 1 aromatic carbocycles. The van der Waals surface area contributed by atoms with Gasteiger partial charge in [0, 0.05) is 32.1 Å². The minimum Gasteiger partial charge on any atom is -0.444 e. The lowest BCUT2D eigenvalue weighted by molar-refractivity contribution is -0.137. The predicted octanol–water partition coefficient (Wildman–Crippen LogP) is 5.77. The molecule has 1 aromatic rings. The lowest BCUT2D eigenvalue weighted by Crippen LogP contribution is -2.40. The molecule has 2 atom stereocenters. The van der Waals surface area contributed by atoms with Crippen LogP contribution in [0.1, 0.15) is 51.7 Å². The van der Waals surface area contributed by atoms with Crippen molar-refractivity contribution in [2.24, 2.45) is 5.92 Å². The van der Waals surface area contributed by atoms with E-state index in [9.17, 15) is 18.0 Å². The van der Waals surface area contributed by atoms with Crippen molar-refractivity contribution in [2.45, 2.75) is 52.3 Å². The molecule has 1 aliphatic carbocycles. The number of ether oxygens (including phenoxy) is 1. The Kier molecular flexibility index (Phi) is 8.34. The number of likely N-dealkylation sites (N-methyl/N-ethyl adjacent to an activating group) is 1. The molecule has 7 heteroatoms. The predicted molar refractivity (Wildman–Crippen MR) is 117 cm³/mol. The number of nitrogens with one attached hydrogen (secondary N) is 1. The first-order chi connectivity index (χ1) is 14.4. The topological polar surface area (TPSA) is 41.6 Å². The lowest BCUT2D eigenvalue weighted by Gasteiger charge is -2.27. The van der Waals surface area contributed by atoms with E-state index in [1.54, 1.807) is 17.0 Å². The minimum absolute atomic E-state index is 0.0498. The van der Waals surface area contributed by atoms with Gasteiger partial charge in [-0.15, -0.1) is 0 Å². The van der Waals surface area contributed by atoms with E-state index in [0.717, 1.165) is 23.3 Å². The van der Waals surface area contributed by atoms with E-state index in [0.29, 0.717) is 26.2 Å². The van der Waals surface area contributed by atoms with Gasteiger partial charge in [-0.2, -0.15) is 13.2 Å². The molecule has 1 amide bonds. The van der Waals surface area contributed by atoms with Gasteiger partial charge in [-0.1, -0.05) is 37.3 Å². The zero-order chi connectivity index (χ0) is 23.2. The monoisotopic (exact) mass is 438 g/mol. The normalized spacial score (nSPS) is 19.2. The highest BCUT2D eigenvalue weighted by Gasteiger charge is 2.30. The molecule has 4 nitrogen and oxygen atoms in total. The quantitative estimate of drug-likeness (QED) is 0.550. The fourth-order valence-corrected chi connectivity index (χ4v) is 3.48. The average molecular weight is 439 g/mol. The van der Waals surface area contributed by atoms with Crippen LogP contribution in [0.15, 0.2) is 48.1 Å². The molecule has 172 valence electrons. The number of halogens is 3. The van der Waals surface area contributed by atoms with E-state index in [4.69, 9.17) is 4.74 Å². The maximum Gasteiger partial charge on any atom is 0.416 e. The Labute approximate surface area is 183 Å². The number of nitrogens with zero attached hydrogens (tertiary/aromatic N) is 1. The van der Waals surface area contributed by atoms with Crippen LogP contribution in [0.2, 0.25) is 0 Å². The highest BCUT2D eigenvalue weighted by molar-refractivity contribution is 5.68. The maximum atomic E-state index is 12.8. The standard InChI is InChI=1S/C24H33F3N2O2/c1-6-29(22(30)31-23(3,4)5)14-13-28-16-18-7-12-21(17(2)15-18)19-8-10-20(11-9-19)24(25,26)27/h7-12,15,17,21,28H,6,13-14,16H2,1-5H3. The van der Waals surface area contributed by atoms with E-state index in [2.05, 4.69) is 18.3 Å². The molecule has 0 saturated heterocycles. The van der Waals surface area contributed by atoms with Crippen LogP contribution in [0, 0.1) is 5.92 Å². The number of carbonyl (C=O) groups is 1. The largest absolute Gasteiger partial charge is 0.444 e. The summed E-state index contributed by atoms with van der Waals surface area (Å²) < 4.78 is 43.7. The van der Waals surface area contributed by atoms with Crippen LogP contribution in [-0.4, -0.2) is 42.8 Å². The van der Waals surface area contributed by atoms with E-state index in [1.807, 2.05) is 39.8 Å². The number of amides is 1. The van der Waals surface area contributed by atoms with Crippen molar-refractivity contribution in [1.82, 2.24) is 10.2 Å². The van der Waals surface area contributed by atoms with Crippen LogP contribution in [0.5, 0.6) is 0 Å². The number of allylic oxidation sites excluding steroid dienone is 2. The van der Waals surface area contributed by atoms with Gasteiger partial charge in [-0.3, -0.25) is 0 Å². The lowest BCUT2D eigenvalue weighted by atomic mass is 9.82. The van der Waals surface area contributed by atoms with E-state index in [1.165, 1.54) is 0 Å². The maximum absolute atomic E-state index is 12.8. The van der Waals surface area contributed by atoms with Crippen molar-refractivity contribution in [3.05, 3.63) is 59.2 Å². The average Bonchev–Trinajstić information content (AvgIpc) is 2.66. The molecule has 0 heterocycles. The van der Waals surface area contributed by atoms with Gasteiger partial charge in [-0.05, 0) is 56.9 Å². The number of benzene rings is 1. The van der Waals surface area contributed by atoms with Crippen molar-refractivity contribution < 1.29 is 22.7 Å². The molecule has 0 aromatic heterocycles. The first-order valence-corrected chi connectivity index (χ1v) is 10.7. The van der Waals surface area contributed by atoms with E-state index in [-0.39, 0.29) is 17.9 Å². The molecule has 0 spiro atoms. The van der Waals surface area contributed by atoms with Gasteiger partial charge in [0.2, 0.25) is 0 Å². The van der Waals surface area contributed by atoms with Gasteiger partial charge in [0.25, 0.3) is 0 Å². The first kappa shape index (κ1) is 25.0. The summed E-state index contributed by atoms with van der Waals surface area (Å²) in [6.07, 6.45) is 1.56. The zero-order valence-electron chi connectivity index (χ0n) is 18.9. The molecule has 0 radical (unpaired) electrons. The molecule has 1 N–H and O–H groups in total. The molecule has 0 aliphatic heterocycles. The van der Waals surface area contributed by atoms with Crippen LogP contribution in [0.4, 0.5) is 18.0 Å². The third kappa shape index (κ3) is 7.73. The summed E-state index contributed by atoms with van der Waals surface area (Å²) in [6, 6.07) is 5.39. The third-order valence-corrected chi connectivity index (χ3v) is 5.11. The van der Waals surface area contributed by atoms with Gasteiger partial charge in [0.15, 0.2) is 0 Å². The Morgan fingerprint density at radius 3 is 2.32 bits per heavy atom. The van der Waals surface area contributed by atoms with Crippen molar-refractivity contribution in [1.29, 1.82) is 0 Å². The van der Waals surface area contributed by atoms with Crippen LogP contribution in [0.25, 0.3) is 0 Å².